The first-order chi connectivity index (χ1) is 14.8. The topological polar surface area (TPSA) is 124 Å². The standard InChI is InChI=1S/C20H21F2N7O2/c1-11(20(31)29(2)10-17(21)22)27-14-5-13(7-24-15(14)6-23)16-8-26-18(9-25-16)28-19(30)12-3-4-12/h5,7-9,11-12,17,27H,3-4,10H2,1-2H3,(H,26,28,30)/t11-/m1/s1. The molecule has 2 amide bonds. The zero-order chi connectivity index (χ0) is 22.5. The molecule has 0 unspecified atom stereocenters. The smallest absolute Gasteiger partial charge is 0.255 e. The monoisotopic (exact) mass is 429 g/mol. The number of alkyl halides is 2. The maximum Gasteiger partial charge on any atom is 0.255 e. The lowest BCUT2D eigenvalue weighted by molar-refractivity contribution is -0.132. The summed E-state index contributed by atoms with van der Waals surface area (Å²) in [6.07, 6.45) is 3.43. The predicted molar refractivity (Wildman–Crippen MR) is 108 cm³/mol. The van der Waals surface area contributed by atoms with Crippen molar-refractivity contribution in [3.63, 3.8) is 0 Å². The number of halogens is 2. The van der Waals surface area contributed by atoms with Crippen LogP contribution in [0.5, 0.6) is 0 Å². The number of likely N-dealkylation sites (N-methyl/N-ethyl adjacent to an activating group) is 1. The molecular weight excluding hydrogens is 408 g/mol. The van der Waals surface area contributed by atoms with Gasteiger partial charge in [0, 0.05) is 24.7 Å². The normalized spacial score (nSPS) is 13.9. The molecule has 2 heterocycles. The van der Waals surface area contributed by atoms with E-state index in [9.17, 15) is 23.6 Å². The van der Waals surface area contributed by atoms with Gasteiger partial charge in [-0.1, -0.05) is 0 Å². The molecule has 2 aromatic heterocycles. The van der Waals surface area contributed by atoms with Gasteiger partial charge in [0.25, 0.3) is 6.43 Å². The zero-order valence-electron chi connectivity index (χ0n) is 17.0. The number of rotatable bonds is 8. The van der Waals surface area contributed by atoms with Crippen LogP contribution in [0.4, 0.5) is 20.3 Å². The predicted octanol–water partition coefficient (Wildman–Crippen LogP) is 2.28. The van der Waals surface area contributed by atoms with Crippen LogP contribution in [0.3, 0.4) is 0 Å². The van der Waals surface area contributed by atoms with Crippen molar-refractivity contribution >= 4 is 23.3 Å². The van der Waals surface area contributed by atoms with Gasteiger partial charge in [0.15, 0.2) is 11.5 Å². The highest BCUT2D eigenvalue weighted by Gasteiger charge is 2.29. The SMILES string of the molecule is C[C@@H](Nc1cc(-c2cnc(NC(=O)C3CC3)cn2)cnc1C#N)C(=O)N(C)CC(F)F. The lowest BCUT2D eigenvalue weighted by atomic mass is 10.1. The molecule has 1 saturated carbocycles. The Balaban J connectivity index is 1.74. The van der Waals surface area contributed by atoms with Gasteiger partial charge in [-0.25, -0.2) is 18.7 Å². The van der Waals surface area contributed by atoms with Crippen molar-refractivity contribution in [1.29, 1.82) is 5.26 Å². The van der Waals surface area contributed by atoms with Gasteiger partial charge in [0.05, 0.1) is 30.3 Å². The number of carbonyl (C=O) groups excluding carboxylic acids is 2. The van der Waals surface area contributed by atoms with Crippen LogP contribution < -0.4 is 10.6 Å². The minimum atomic E-state index is -2.64. The van der Waals surface area contributed by atoms with E-state index in [-0.39, 0.29) is 23.2 Å². The van der Waals surface area contributed by atoms with Crippen LogP contribution in [0.15, 0.2) is 24.7 Å². The van der Waals surface area contributed by atoms with E-state index >= 15 is 0 Å². The highest BCUT2D eigenvalue weighted by molar-refractivity contribution is 5.93. The lowest BCUT2D eigenvalue weighted by Crippen LogP contribution is -2.41. The summed E-state index contributed by atoms with van der Waals surface area (Å²) in [5.74, 6) is -0.252. The number of nitriles is 1. The van der Waals surface area contributed by atoms with Crippen molar-refractivity contribution in [3.8, 4) is 17.3 Å². The summed E-state index contributed by atoms with van der Waals surface area (Å²) in [5, 5.41) is 14.9. The molecule has 1 fully saturated rings. The van der Waals surface area contributed by atoms with E-state index in [1.165, 1.54) is 32.6 Å². The molecule has 3 rings (SSSR count). The number of anilines is 2. The summed E-state index contributed by atoms with van der Waals surface area (Å²) >= 11 is 0. The second kappa shape index (κ2) is 9.42. The van der Waals surface area contributed by atoms with Crippen molar-refractivity contribution < 1.29 is 18.4 Å². The average Bonchev–Trinajstić information content (AvgIpc) is 3.58. The van der Waals surface area contributed by atoms with E-state index in [1.807, 2.05) is 6.07 Å². The van der Waals surface area contributed by atoms with E-state index in [0.717, 1.165) is 17.7 Å². The average molecular weight is 429 g/mol. The fourth-order valence-corrected chi connectivity index (χ4v) is 2.84. The number of hydrogen-bond donors (Lipinski definition) is 2. The quantitative estimate of drug-likeness (QED) is 0.660. The largest absolute Gasteiger partial charge is 0.372 e. The fraction of sp³-hybridized carbons (Fsp3) is 0.400. The molecule has 1 aliphatic rings. The Morgan fingerprint density at radius 3 is 2.58 bits per heavy atom. The number of hydrogen-bond acceptors (Lipinski definition) is 7. The Morgan fingerprint density at radius 1 is 1.26 bits per heavy atom. The molecule has 11 heteroatoms. The van der Waals surface area contributed by atoms with Gasteiger partial charge in [-0.05, 0) is 25.8 Å². The molecule has 1 aliphatic carbocycles. The van der Waals surface area contributed by atoms with Crippen LogP contribution in [-0.2, 0) is 9.59 Å². The summed E-state index contributed by atoms with van der Waals surface area (Å²) in [6, 6.07) is 2.64. The molecule has 2 N–H and O–H groups in total. The van der Waals surface area contributed by atoms with Gasteiger partial charge < -0.3 is 15.5 Å². The molecule has 1 atom stereocenters. The Bertz CT molecular complexity index is 1000. The minimum Gasteiger partial charge on any atom is -0.372 e. The third-order valence-corrected chi connectivity index (χ3v) is 4.67. The van der Waals surface area contributed by atoms with Crippen molar-refractivity contribution in [2.45, 2.75) is 32.2 Å². The Morgan fingerprint density at radius 2 is 2.00 bits per heavy atom. The summed E-state index contributed by atoms with van der Waals surface area (Å²) in [6.45, 7) is 0.822. The van der Waals surface area contributed by atoms with Gasteiger partial charge in [0.1, 0.15) is 12.1 Å². The van der Waals surface area contributed by atoms with Crippen molar-refractivity contribution in [2.24, 2.45) is 5.92 Å². The molecule has 162 valence electrons. The molecule has 0 spiro atoms. The van der Waals surface area contributed by atoms with Crippen LogP contribution in [0.2, 0.25) is 0 Å². The molecule has 0 radical (unpaired) electrons. The van der Waals surface area contributed by atoms with Crippen LogP contribution in [0.25, 0.3) is 11.3 Å². The van der Waals surface area contributed by atoms with Crippen molar-refractivity contribution in [2.75, 3.05) is 24.2 Å². The Hall–Kier alpha value is -3.68. The maximum absolute atomic E-state index is 12.5. The third kappa shape index (κ3) is 5.69. The van der Waals surface area contributed by atoms with Crippen LogP contribution in [-0.4, -0.2) is 57.7 Å². The summed E-state index contributed by atoms with van der Waals surface area (Å²) < 4.78 is 25.1. The number of amides is 2. The van der Waals surface area contributed by atoms with E-state index < -0.39 is 24.9 Å². The van der Waals surface area contributed by atoms with Gasteiger partial charge >= 0.3 is 0 Å². The van der Waals surface area contributed by atoms with Gasteiger partial charge in [0.2, 0.25) is 11.8 Å². The fourth-order valence-electron chi connectivity index (χ4n) is 2.84. The molecule has 0 saturated heterocycles. The number of nitrogens with one attached hydrogen (secondary N) is 2. The van der Waals surface area contributed by atoms with Gasteiger partial charge in [-0.2, -0.15) is 5.26 Å². The van der Waals surface area contributed by atoms with E-state index in [4.69, 9.17) is 0 Å². The minimum absolute atomic E-state index is 0.0428. The second-order valence-corrected chi connectivity index (χ2v) is 7.26. The van der Waals surface area contributed by atoms with Gasteiger partial charge in [-0.15, -0.1) is 0 Å². The van der Waals surface area contributed by atoms with E-state index in [2.05, 4.69) is 25.6 Å². The highest BCUT2D eigenvalue weighted by atomic mass is 19.3. The number of aromatic nitrogens is 3. The van der Waals surface area contributed by atoms with Crippen molar-refractivity contribution in [1.82, 2.24) is 19.9 Å². The summed E-state index contributed by atoms with van der Waals surface area (Å²) in [5.41, 5.74) is 1.27. The number of nitrogens with zero attached hydrogens (tertiary/aromatic N) is 5. The third-order valence-electron chi connectivity index (χ3n) is 4.67. The van der Waals surface area contributed by atoms with Crippen LogP contribution >= 0.6 is 0 Å². The maximum atomic E-state index is 12.5. The van der Waals surface area contributed by atoms with Crippen LogP contribution in [0.1, 0.15) is 25.5 Å². The number of carbonyl (C=O) groups is 2. The highest BCUT2D eigenvalue weighted by Crippen LogP contribution is 2.30. The zero-order valence-corrected chi connectivity index (χ0v) is 17.0. The van der Waals surface area contributed by atoms with Crippen molar-refractivity contribution in [3.05, 3.63) is 30.4 Å². The van der Waals surface area contributed by atoms with E-state index in [0.29, 0.717) is 17.1 Å². The number of pyridine rings is 1. The molecule has 0 aliphatic heterocycles. The molecular formula is C20H21F2N7O2. The van der Waals surface area contributed by atoms with Gasteiger partial charge in [-0.3, -0.25) is 14.6 Å². The Labute approximate surface area is 177 Å². The van der Waals surface area contributed by atoms with Crippen LogP contribution in [0, 0.1) is 17.2 Å². The summed E-state index contributed by atoms with van der Waals surface area (Å²) in [7, 11) is 1.28. The second-order valence-electron chi connectivity index (χ2n) is 7.26. The summed E-state index contributed by atoms with van der Waals surface area (Å²) in [4.78, 5) is 37.5. The molecule has 2 aromatic rings. The lowest BCUT2D eigenvalue weighted by Gasteiger charge is -2.22. The Kier molecular flexibility index (Phi) is 6.69. The molecule has 0 aromatic carbocycles. The molecule has 31 heavy (non-hydrogen) atoms. The first-order valence-electron chi connectivity index (χ1n) is 9.61. The first-order valence-corrected chi connectivity index (χ1v) is 9.61. The molecule has 9 nitrogen and oxygen atoms in total. The molecule has 0 bridgehead atoms. The first kappa shape index (κ1) is 22.0. The van der Waals surface area contributed by atoms with E-state index in [1.54, 1.807) is 6.07 Å².